The maximum absolute atomic E-state index is 11.7. The van der Waals surface area contributed by atoms with Crippen molar-refractivity contribution >= 4 is 34.7 Å². The molecule has 0 saturated heterocycles. The standard InChI is InChI=1S/C14H13N3O2S2/c1-9-7-20-14(15-9)21-8-10-6-17-5-3-4-11(12(17)16-10)13(18)19-2/h3-7H,8H2,1-2H3. The molecule has 0 atom stereocenters. The normalized spacial score (nSPS) is 11.0. The number of thioether (sulfide) groups is 1. The first-order valence-electron chi connectivity index (χ1n) is 6.27. The van der Waals surface area contributed by atoms with Gasteiger partial charge in [-0.15, -0.1) is 11.3 Å². The van der Waals surface area contributed by atoms with Crippen LogP contribution < -0.4 is 0 Å². The van der Waals surface area contributed by atoms with Crippen LogP contribution in [-0.2, 0) is 10.5 Å². The molecule has 0 aromatic carbocycles. The molecule has 3 heterocycles. The molecule has 3 aromatic rings. The number of methoxy groups -OCH3 is 1. The number of pyridine rings is 1. The molecule has 0 N–H and O–H groups in total. The third-order valence-electron chi connectivity index (χ3n) is 2.88. The van der Waals surface area contributed by atoms with Crippen LogP contribution >= 0.6 is 23.1 Å². The first-order chi connectivity index (χ1) is 10.2. The van der Waals surface area contributed by atoms with Crippen molar-refractivity contribution in [2.24, 2.45) is 0 Å². The Hall–Kier alpha value is -1.86. The number of hydrogen-bond acceptors (Lipinski definition) is 6. The Balaban J connectivity index is 1.85. The van der Waals surface area contributed by atoms with E-state index in [1.54, 1.807) is 29.2 Å². The van der Waals surface area contributed by atoms with E-state index in [-0.39, 0.29) is 5.97 Å². The van der Waals surface area contributed by atoms with Crippen LogP contribution in [-0.4, -0.2) is 27.4 Å². The monoisotopic (exact) mass is 319 g/mol. The molecule has 3 aromatic heterocycles. The molecular formula is C14H13N3O2S2. The van der Waals surface area contributed by atoms with Crippen molar-refractivity contribution in [1.82, 2.24) is 14.4 Å². The number of aryl methyl sites for hydroxylation is 1. The van der Waals surface area contributed by atoms with Crippen LogP contribution in [0.2, 0.25) is 0 Å². The molecule has 108 valence electrons. The summed E-state index contributed by atoms with van der Waals surface area (Å²) in [4.78, 5) is 20.7. The number of nitrogens with zero attached hydrogens (tertiary/aromatic N) is 3. The molecule has 0 saturated carbocycles. The lowest BCUT2D eigenvalue weighted by molar-refractivity contribution is 0.0602. The summed E-state index contributed by atoms with van der Waals surface area (Å²) in [5.41, 5.74) is 3.03. The van der Waals surface area contributed by atoms with E-state index >= 15 is 0 Å². The van der Waals surface area contributed by atoms with E-state index in [0.29, 0.717) is 11.2 Å². The molecule has 0 radical (unpaired) electrons. The van der Waals surface area contributed by atoms with Gasteiger partial charge in [-0.25, -0.2) is 14.8 Å². The highest BCUT2D eigenvalue weighted by molar-refractivity contribution is 8.00. The topological polar surface area (TPSA) is 56.5 Å². The fourth-order valence-electron chi connectivity index (χ4n) is 1.94. The van der Waals surface area contributed by atoms with Crippen LogP contribution in [0.5, 0.6) is 0 Å². The minimum atomic E-state index is -0.374. The van der Waals surface area contributed by atoms with Crippen molar-refractivity contribution in [2.75, 3.05) is 7.11 Å². The number of imidazole rings is 1. The Bertz CT molecular complexity index is 794. The molecule has 0 amide bonds. The van der Waals surface area contributed by atoms with Crippen molar-refractivity contribution in [3.8, 4) is 0 Å². The largest absolute Gasteiger partial charge is 0.465 e. The van der Waals surface area contributed by atoms with Crippen molar-refractivity contribution in [2.45, 2.75) is 17.0 Å². The van der Waals surface area contributed by atoms with Gasteiger partial charge in [0.05, 0.1) is 12.8 Å². The number of aromatic nitrogens is 3. The molecule has 3 rings (SSSR count). The first kappa shape index (κ1) is 14.1. The number of ether oxygens (including phenoxy) is 1. The van der Waals surface area contributed by atoms with Gasteiger partial charge >= 0.3 is 5.97 Å². The van der Waals surface area contributed by atoms with E-state index in [9.17, 15) is 4.79 Å². The molecule has 21 heavy (non-hydrogen) atoms. The molecule has 0 unspecified atom stereocenters. The molecule has 0 aliphatic carbocycles. The van der Waals surface area contributed by atoms with Crippen LogP contribution in [0.3, 0.4) is 0 Å². The summed E-state index contributed by atoms with van der Waals surface area (Å²) in [6.07, 6.45) is 3.80. The minimum Gasteiger partial charge on any atom is -0.465 e. The highest BCUT2D eigenvalue weighted by Gasteiger charge is 2.13. The van der Waals surface area contributed by atoms with Gasteiger partial charge in [-0.2, -0.15) is 0 Å². The molecule has 0 bridgehead atoms. The Morgan fingerprint density at radius 1 is 1.48 bits per heavy atom. The lowest BCUT2D eigenvalue weighted by Gasteiger charge is -2.00. The maximum atomic E-state index is 11.7. The highest BCUT2D eigenvalue weighted by atomic mass is 32.2. The van der Waals surface area contributed by atoms with Gasteiger partial charge in [-0.05, 0) is 19.1 Å². The second kappa shape index (κ2) is 5.87. The Morgan fingerprint density at radius 2 is 2.33 bits per heavy atom. The van der Waals surface area contributed by atoms with E-state index in [2.05, 4.69) is 9.97 Å². The molecule has 0 aliphatic heterocycles. The summed E-state index contributed by atoms with van der Waals surface area (Å²) in [5.74, 6) is 0.343. The summed E-state index contributed by atoms with van der Waals surface area (Å²) in [5, 5.41) is 2.03. The Kier molecular flexibility index (Phi) is 3.94. The number of carbonyl (C=O) groups is 1. The van der Waals surface area contributed by atoms with Gasteiger partial charge in [0.2, 0.25) is 0 Å². The average Bonchev–Trinajstić information content (AvgIpc) is 3.09. The predicted molar refractivity (Wildman–Crippen MR) is 82.9 cm³/mol. The summed E-state index contributed by atoms with van der Waals surface area (Å²) < 4.78 is 7.65. The van der Waals surface area contributed by atoms with Gasteiger partial charge in [0.1, 0.15) is 9.90 Å². The molecule has 0 spiro atoms. The second-order valence-corrected chi connectivity index (χ2v) is 6.50. The number of carbonyl (C=O) groups excluding carboxylic acids is 1. The second-order valence-electron chi connectivity index (χ2n) is 4.42. The number of thiazole rings is 1. The fraction of sp³-hybridized carbons (Fsp3) is 0.214. The summed E-state index contributed by atoms with van der Waals surface area (Å²) in [6, 6.07) is 3.53. The fourth-order valence-corrected chi connectivity index (χ4v) is 3.67. The van der Waals surface area contributed by atoms with Gasteiger partial charge < -0.3 is 9.14 Å². The van der Waals surface area contributed by atoms with E-state index in [1.807, 2.05) is 35.2 Å². The molecule has 5 nitrogen and oxygen atoms in total. The summed E-state index contributed by atoms with van der Waals surface area (Å²) in [7, 11) is 1.37. The first-order valence-corrected chi connectivity index (χ1v) is 8.14. The van der Waals surface area contributed by atoms with Gasteiger partial charge in [0, 0.05) is 29.2 Å². The SMILES string of the molecule is COC(=O)c1cccn2cc(CSc3nc(C)cs3)nc12. The Labute approximate surface area is 130 Å². The van der Waals surface area contributed by atoms with Gasteiger partial charge in [-0.1, -0.05) is 11.8 Å². The third-order valence-corrected chi connectivity index (χ3v) is 5.05. The third kappa shape index (κ3) is 2.93. The number of fused-ring (bicyclic) bond motifs is 1. The van der Waals surface area contributed by atoms with Gasteiger partial charge in [0.25, 0.3) is 0 Å². The van der Waals surface area contributed by atoms with E-state index in [0.717, 1.165) is 21.5 Å². The zero-order valence-corrected chi connectivity index (χ0v) is 13.2. The van der Waals surface area contributed by atoms with Crippen LogP contribution in [0.1, 0.15) is 21.7 Å². The van der Waals surface area contributed by atoms with Crippen LogP contribution in [0.15, 0.2) is 34.2 Å². The molecule has 0 aliphatic rings. The van der Waals surface area contributed by atoms with Crippen molar-refractivity contribution in [3.63, 3.8) is 0 Å². The van der Waals surface area contributed by atoms with Crippen LogP contribution in [0.25, 0.3) is 5.65 Å². The van der Waals surface area contributed by atoms with E-state index in [1.165, 1.54) is 7.11 Å². The van der Waals surface area contributed by atoms with E-state index < -0.39 is 0 Å². The summed E-state index contributed by atoms with van der Waals surface area (Å²) >= 11 is 3.28. The van der Waals surface area contributed by atoms with Gasteiger partial charge in [-0.3, -0.25) is 0 Å². The van der Waals surface area contributed by atoms with Crippen molar-refractivity contribution in [1.29, 1.82) is 0 Å². The lowest BCUT2D eigenvalue weighted by Crippen LogP contribution is -2.03. The van der Waals surface area contributed by atoms with Gasteiger partial charge in [0.15, 0.2) is 5.65 Å². The van der Waals surface area contributed by atoms with Crippen molar-refractivity contribution in [3.05, 3.63) is 46.9 Å². The maximum Gasteiger partial charge on any atom is 0.341 e. The average molecular weight is 319 g/mol. The molecule has 0 fully saturated rings. The predicted octanol–water partition coefficient (Wildman–Crippen LogP) is 3.18. The number of esters is 1. The van der Waals surface area contributed by atoms with Crippen molar-refractivity contribution < 1.29 is 9.53 Å². The zero-order valence-electron chi connectivity index (χ0n) is 11.6. The van der Waals surface area contributed by atoms with E-state index in [4.69, 9.17) is 4.74 Å². The number of hydrogen-bond donors (Lipinski definition) is 0. The number of rotatable bonds is 4. The Morgan fingerprint density at radius 3 is 3.05 bits per heavy atom. The lowest BCUT2D eigenvalue weighted by atomic mass is 10.3. The molecular weight excluding hydrogens is 306 g/mol. The quantitative estimate of drug-likeness (QED) is 0.546. The highest BCUT2D eigenvalue weighted by Crippen LogP contribution is 2.26. The molecule has 7 heteroatoms. The van der Waals surface area contributed by atoms with Crippen LogP contribution in [0.4, 0.5) is 0 Å². The summed E-state index contributed by atoms with van der Waals surface area (Å²) in [6.45, 7) is 1.98. The smallest absolute Gasteiger partial charge is 0.341 e. The van der Waals surface area contributed by atoms with Crippen LogP contribution in [0, 0.1) is 6.92 Å². The minimum absolute atomic E-state index is 0.374. The zero-order chi connectivity index (χ0) is 14.8.